The molecule has 2 unspecified atom stereocenters. The summed E-state index contributed by atoms with van der Waals surface area (Å²) in [7, 11) is 2.06. The van der Waals surface area contributed by atoms with E-state index in [1.54, 1.807) is 0 Å². The van der Waals surface area contributed by atoms with Gasteiger partial charge < -0.3 is 10.6 Å². The van der Waals surface area contributed by atoms with Crippen LogP contribution in [0.5, 0.6) is 0 Å². The minimum atomic E-state index is 0.0273. The van der Waals surface area contributed by atoms with Crippen LogP contribution in [0, 0.1) is 6.92 Å². The normalized spacial score (nSPS) is 22.0. The van der Waals surface area contributed by atoms with Crippen molar-refractivity contribution in [2.75, 3.05) is 13.6 Å². The van der Waals surface area contributed by atoms with Crippen LogP contribution in [-0.4, -0.2) is 30.8 Å². The molecule has 0 spiro atoms. The molecule has 0 aromatic heterocycles. The van der Waals surface area contributed by atoms with Crippen LogP contribution in [0.1, 0.15) is 48.5 Å². The lowest BCUT2D eigenvalue weighted by atomic mass is 9.95. The number of nitrogens with one attached hydrogen (secondary N) is 2. The van der Waals surface area contributed by atoms with Crippen LogP contribution in [0.15, 0.2) is 23.1 Å². The Morgan fingerprint density at radius 1 is 1.38 bits per heavy atom. The lowest BCUT2D eigenvalue weighted by Crippen LogP contribution is -2.32. The minimum absolute atomic E-state index is 0.0273. The van der Waals surface area contributed by atoms with Gasteiger partial charge in [0.1, 0.15) is 0 Å². The van der Waals surface area contributed by atoms with Gasteiger partial charge in [-0.05, 0) is 63.9 Å². The zero-order valence-corrected chi connectivity index (χ0v) is 14.1. The molecule has 4 heteroatoms. The van der Waals surface area contributed by atoms with Crippen LogP contribution in [0.4, 0.5) is 0 Å². The molecule has 3 nitrogen and oxygen atoms in total. The average Bonchev–Trinajstić information content (AvgIpc) is 2.47. The van der Waals surface area contributed by atoms with Crippen molar-refractivity contribution in [3.05, 3.63) is 29.3 Å². The second-order valence-electron chi connectivity index (χ2n) is 5.73. The van der Waals surface area contributed by atoms with Crippen molar-refractivity contribution < 1.29 is 4.79 Å². The third kappa shape index (κ3) is 4.48. The molecule has 21 heavy (non-hydrogen) atoms. The zero-order chi connectivity index (χ0) is 15.2. The lowest BCUT2D eigenvalue weighted by Gasteiger charge is -2.28. The topological polar surface area (TPSA) is 41.1 Å². The summed E-state index contributed by atoms with van der Waals surface area (Å²) in [6, 6.07) is 6.86. The summed E-state index contributed by atoms with van der Waals surface area (Å²) in [6.07, 6.45) is 5.13. The van der Waals surface area contributed by atoms with Crippen molar-refractivity contribution in [2.24, 2.45) is 0 Å². The van der Waals surface area contributed by atoms with Gasteiger partial charge in [-0.25, -0.2) is 0 Å². The number of benzene rings is 1. The first-order chi connectivity index (χ1) is 10.1. The fraction of sp³-hybridized carbons (Fsp3) is 0.588. The van der Waals surface area contributed by atoms with Gasteiger partial charge in [-0.15, -0.1) is 11.8 Å². The number of hydrogen-bond donors (Lipinski definition) is 2. The summed E-state index contributed by atoms with van der Waals surface area (Å²) < 4.78 is 0. The van der Waals surface area contributed by atoms with Crippen molar-refractivity contribution >= 4 is 17.7 Å². The van der Waals surface area contributed by atoms with Gasteiger partial charge in [0, 0.05) is 28.3 Å². The number of aryl methyl sites for hydroxylation is 1. The highest BCUT2D eigenvalue weighted by Gasteiger charge is 2.21. The molecule has 116 valence electrons. The number of rotatable bonds is 5. The Hall–Kier alpha value is -1.00. The summed E-state index contributed by atoms with van der Waals surface area (Å²) >= 11 is 1.96. The molecular formula is C17H26N2OS. The molecule has 0 aliphatic heterocycles. The van der Waals surface area contributed by atoms with Gasteiger partial charge in [0.15, 0.2) is 0 Å². The van der Waals surface area contributed by atoms with Gasteiger partial charge >= 0.3 is 0 Å². The number of carbonyl (C=O) groups excluding carboxylic acids is 1. The Kier molecular flexibility index (Phi) is 6.12. The first kappa shape index (κ1) is 16.4. The van der Waals surface area contributed by atoms with E-state index in [2.05, 4.69) is 29.8 Å². The number of thioether (sulfide) groups is 1. The van der Waals surface area contributed by atoms with Crippen molar-refractivity contribution in [3.63, 3.8) is 0 Å². The van der Waals surface area contributed by atoms with E-state index in [9.17, 15) is 4.79 Å². The maximum atomic E-state index is 11.9. The van der Waals surface area contributed by atoms with Crippen LogP contribution < -0.4 is 10.6 Å². The zero-order valence-electron chi connectivity index (χ0n) is 13.2. The summed E-state index contributed by atoms with van der Waals surface area (Å²) in [4.78, 5) is 13.2. The van der Waals surface area contributed by atoms with E-state index in [1.165, 1.54) is 30.6 Å². The molecule has 2 rings (SSSR count). The maximum absolute atomic E-state index is 11.9. The van der Waals surface area contributed by atoms with Crippen molar-refractivity contribution in [1.29, 1.82) is 0 Å². The van der Waals surface area contributed by atoms with Crippen LogP contribution in [-0.2, 0) is 0 Å². The molecule has 0 heterocycles. The third-order valence-electron chi connectivity index (χ3n) is 4.12. The van der Waals surface area contributed by atoms with Crippen LogP contribution in [0.3, 0.4) is 0 Å². The summed E-state index contributed by atoms with van der Waals surface area (Å²) in [5.74, 6) is 0.0273. The molecule has 2 N–H and O–H groups in total. The largest absolute Gasteiger partial charge is 0.352 e. The quantitative estimate of drug-likeness (QED) is 0.876. The molecule has 0 saturated heterocycles. The van der Waals surface area contributed by atoms with Gasteiger partial charge in [-0.3, -0.25) is 4.79 Å². The Balaban J connectivity index is 2.01. The second-order valence-corrected chi connectivity index (χ2v) is 7.10. The van der Waals surface area contributed by atoms with Crippen LogP contribution >= 0.6 is 11.8 Å². The highest BCUT2D eigenvalue weighted by atomic mass is 32.2. The maximum Gasteiger partial charge on any atom is 0.251 e. The second kappa shape index (κ2) is 7.85. The highest BCUT2D eigenvalue weighted by Crippen LogP contribution is 2.34. The van der Waals surface area contributed by atoms with Crippen molar-refractivity contribution in [1.82, 2.24) is 10.6 Å². The smallest absolute Gasteiger partial charge is 0.251 e. The number of hydrogen-bond acceptors (Lipinski definition) is 3. The van der Waals surface area contributed by atoms with E-state index in [0.29, 0.717) is 17.8 Å². The number of amides is 1. The molecular weight excluding hydrogens is 280 g/mol. The monoisotopic (exact) mass is 306 g/mol. The number of carbonyl (C=O) groups is 1. The van der Waals surface area contributed by atoms with Gasteiger partial charge in [0.2, 0.25) is 0 Å². The Morgan fingerprint density at radius 2 is 2.19 bits per heavy atom. The van der Waals surface area contributed by atoms with E-state index in [1.807, 2.05) is 31.7 Å². The van der Waals surface area contributed by atoms with E-state index in [-0.39, 0.29) is 5.91 Å². The molecule has 1 aromatic carbocycles. The molecule has 1 fully saturated rings. The fourth-order valence-corrected chi connectivity index (χ4v) is 4.32. The summed E-state index contributed by atoms with van der Waals surface area (Å²) in [5.41, 5.74) is 1.85. The van der Waals surface area contributed by atoms with Crippen LogP contribution in [0.2, 0.25) is 0 Å². The van der Waals surface area contributed by atoms with Gasteiger partial charge in [0.05, 0.1) is 0 Å². The summed E-state index contributed by atoms with van der Waals surface area (Å²) in [5, 5.41) is 6.95. The SMILES string of the molecule is CCNC(=O)c1ccc(SC2CCCC(NC)C2)cc1C. The molecule has 0 bridgehead atoms. The van der Waals surface area contributed by atoms with E-state index in [0.717, 1.165) is 11.1 Å². The van der Waals surface area contributed by atoms with Gasteiger partial charge in [-0.2, -0.15) is 0 Å². The summed E-state index contributed by atoms with van der Waals surface area (Å²) in [6.45, 7) is 4.63. The molecule has 0 radical (unpaired) electrons. The first-order valence-electron chi connectivity index (χ1n) is 7.86. The van der Waals surface area contributed by atoms with Crippen LogP contribution in [0.25, 0.3) is 0 Å². The third-order valence-corrected chi connectivity index (χ3v) is 5.40. The Bertz CT molecular complexity index is 490. The molecule has 1 aliphatic carbocycles. The fourth-order valence-electron chi connectivity index (χ4n) is 2.93. The highest BCUT2D eigenvalue weighted by molar-refractivity contribution is 8.00. The Labute approximate surface area is 132 Å². The predicted molar refractivity (Wildman–Crippen MR) is 90.1 cm³/mol. The van der Waals surface area contributed by atoms with E-state index in [4.69, 9.17) is 0 Å². The standard InChI is InChI=1S/C17H26N2OS/c1-4-19-17(20)16-9-8-15(10-12(16)2)21-14-7-5-6-13(11-14)18-3/h8-10,13-14,18H,4-7,11H2,1-3H3,(H,19,20). The first-order valence-corrected chi connectivity index (χ1v) is 8.74. The van der Waals surface area contributed by atoms with Gasteiger partial charge in [-0.1, -0.05) is 6.42 Å². The van der Waals surface area contributed by atoms with Crippen molar-refractivity contribution in [2.45, 2.75) is 55.7 Å². The van der Waals surface area contributed by atoms with E-state index < -0.39 is 0 Å². The van der Waals surface area contributed by atoms with Crippen molar-refractivity contribution in [3.8, 4) is 0 Å². The predicted octanol–water partition coefficient (Wildman–Crippen LogP) is 3.37. The molecule has 1 aliphatic rings. The average molecular weight is 306 g/mol. The van der Waals surface area contributed by atoms with E-state index >= 15 is 0 Å². The minimum Gasteiger partial charge on any atom is -0.352 e. The molecule has 2 atom stereocenters. The lowest BCUT2D eigenvalue weighted by molar-refractivity contribution is 0.0955. The van der Waals surface area contributed by atoms with Gasteiger partial charge in [0.25, 0.3) is 5.91 Å². The molecule has 1 amide bonds. The Morgan fingerprint density at radius 3 is 2.86 bits per heavy atom. The molecule has 1 saturated carbocycles. The molecule has 1 aromatic rings.